The van der Waals surface area contributed by atoms with E-state index in [2.05, 4.69) is 15.3 Å². The topological polar surface area (TPSA) is 54.9 Å². The zero-order chi connectivity index (χ0) is 9.80. The van der Waals surface area contributed by atoms with Crippen molar-refractivity contribution in [1.29, 1.82) is 0 Å². The number of carbonyl (C=O) groups excluding carboxylic acids is 1. The summed E-state index contributed by atoms with van der Waals surface area (Å²) in [6, 6.07) is 0. The van der Waals surface area contributed by atoms with Crippen LogP contribution in [0.5, 0.6) is 0 Å². The van der Waals surface area contributed by atoms with Crippen LogP contribution in [-0.4, -0.2) is 28.8 Å². The molecule has 1 aliphatic rings. The molecule has 0 spiro atoms. The number of nitrogens with zero attached hydrogens (tertiary/aromatic N) is 2. The fraction of sp³-hybridized carbons (Fsp3) is 0.500. The summed E-state index contributed by atoms with van der Waals surface area (Å²) >= 11 is 0. The largest absolute Gasteiger partial charge is 0.317 e. The Morgan fingerprint density at radius 3 is 2.79 bits per heavy atom. The molecule has 1 saturated heterocycles. The van der Waals surface area contributed by atoms with Gasteiger partial charge in [-0.2, -0.15) is 0 Å². The van der Waals surface area contributed by atoms with Gasteiger partial charge in [-0.3, -0.25) is 9.78 Å². The molecule has 14 heavy (non-hydrogen) atoms. The molecule has 0 aromatic carbocycles. The van der Waals surface area contributed by atoms with Crippen molar-refractivity contribution in [3.8, 4) is 0 Å². The number of hydrogen-bond acceptors (Lipinski definition) is 4. The van der Waals surface area contributed by atoms with E-state index in [9.17, 15) is 4.79 Å². The highest BCUT2D eigenvalue weighted by Gasteiger charge is 2.22. The molecule has 4 nitrogen and oxygen atoms in total. The van der Waals surface area contributed by atoms with Gasteiger partial charge in [-0.1, -0.05) is 0 Å². The highest BCUT2D eigenvalue weighted by Crippen LogP contribution is 2.16. The summed E-state index contributed by atoms with van der Waals surface area (Å²) in [5, 5.41) is 3.23. The van der Waals surface area contributed by atoms with Crippen LogP contribution in [0.15, 0.2) is 18.6 Å². The first-order valence-corrected chi connectivity index (χ1v) is 4.89. The minimum absolute atomic E-state index is 0.132. The monoisotopic (exact) mass is 191 g/mol. The van der Waals surface area contributed by atoms with E-state index in [1.165, 1.54) is 0 Å². The van der Waals surface area contributed by atoms with E-state index >= 15 is 0 Å². The van der Waals surface area contributed by atoms with Gasteiger partial charge in [-0.15, -0.1) is 0 Å². The first-order chi connectivity index (χ1) is 6.88. The summed E-state index contributed by atoms with van der Waals surface area (Å²) < 4.78 is 0. The summed E-state index contributed by atoms with van der Waals surface area (Å²) in [6.45, 7) is 1.85. The maximum absolute atomic E-state index is 11.9. The summed E-state index contributed by atoms with van der Waals surface area (Å²) in [4.78, 5) is 19.8. The molecule has 4 heteroatoms. The van der Waals surface area contributed by atoms with E-state index < -0.39 is 0 Å². The Kier molecular flexibility index (Phi) is 2.84. The van der Waals surface area contributed by atoms with Crippen molar-refractivity contribution in [2.24, 2.45) is 5.92 Å². The quantitative estimate of drug-likeness (QED) is 0.698. The Hall–Kier alpha value is -1.29. The molecule has 74 valence electrons. The number of rotatable bonds is 2. The number of nitrogens with one attached hydrogen (secondary N) is 1. The molecule has 0 bridgehead atoms. The lowest BCUT2D eigenvalue weighted by Crippen LogP contribution is -2.32. The molecule has 0 aliphatic carbocycles. The molecule has 2 heterocycles. The number of ketones is 1. The number of aromatic nitrogens is 2. The van der Waals surface area contributed by atoms with Crippen LogP contribution in [0.4, 0.5) is 0 Å². The van der Waals surface area contributed by atoms with Crippen LogP contribution in [0.1, 0.15) is 23.3 Å². The van der Waals surface area contributed by atoms with Gasteiger partial charge in [0.05, 0.1) is 6.20 Å². The van der Waals surface area contributed by atoms with Crippen molar-refractivity contribution >= 4 is 5.78 Å². The number of piperidine rings is 1. The maximum atomic E-state index is 11.9. The summed E-state index contributed by atoms with van der Waals surface area (Å²) in [7, 11) is 0. The second kappa shape index (κ2) is 4.28. The number of hydrogen-bond donors (Lipinski definition) is 1. The van der Waals surface area contributed by atoms with Gasteiger partial charge in [0.2, 0.25) is 0 Å². The van der Waals surface area contributed by atoms with Gasteiger partial charge in [-0.05, 0) is 25.9 Å². The molecular formula is C10H13N3O. The Bertz CT molecular complexity index is 306. The minimum Gasteiger partial charge on any atom is -0.317 e. The van der Waals surface area contributed by atoms with Crippen molar-refractivity contribution in [1.82, 2.24) is 15.3 Å². The molecule has 1 aromatic heterocycles. The zero-order valence-corrected chi connectivity index (χ0v) is 7.94. The van der Waals surface area contributed by atoms with Crippen molar-refractivity contribution in [2.75, 3.05) is 13.1 Å². The highest BCUT2D eigenvalue weighted by atomic mass is 16.1. The molecule has 0 saturated carbocycles. The third-order valence-electron chi connectivity index (χ3n) is 2.53. The average molecular weight is 191 g/mol. The predicted molar refractivity (Wildman–Crippen MR) is 52.0 cm³/mol. The van der Waals surface area contributed by atoms with Crippen molar-refractivity contribution < 1.29 is 4.79 Å². The SMILES string of the molecule is O=C(c1cnccn1)C1CCNCC1. The second-order valence-electron chi connectivity index (χ2n) is 3.48. The van der Waals surface area contributed by atoms with Gasteiger partial charge in [-0.25, -0.2) is 4.98 Å². The smallest absolute Gasteiger partial charge is 0.185 e. The fourth-order valence-electron chi connectivity index (χ4n) is 1.72. The van der Waals surface area contributed by atoms with Gasteiger partial charge in [0, 0.05) is 18.3 Å². The molecule has 2 rings (SSSR count). The standard InChI is InChI=1S/C10H13N3O/c14-10(8-1-3-11-4-2-8)9-7-12-5-6-13-9/h5-8,11H,1-4H2. The van der Waals surface area contributed by atoms with Crippen LogP contribution in [0, 0.1) is 5.92 Å². The van der Waals surface area contributed by atoms with Crippen molar-refractivity contribution in [2.45, 2.75) is 12.8 Å². The normalized spacial score (nSPS) is 18.0. The van der Waals surface area contributed by atoms with Crippen LogP contribution >= 0.6 is 0 Å². The maximum Gasteiger partial charge on any atom is 0.185 e. The molecule has 0 radical (unpaired) electrons. The second-order valence-corrected chi connectivity index (χ2v) is 3.48. The number of Topliss-reactive ketones (excluding diaryl/α,β-unsaturated/α-hetero) is 1. The molecule has 0 atom stereocenters. The molecule has 0 unspecified atom stereocenters. The fourth-order valence-corrected chi connectivity index (χ4v) is 1.72. The first-order valence-electron chi connectivity index (χ1n) is 4.89. The lowest BCUT2D eigenvalue weighted by molar-refractivity contribution is 0.0889. The van der Waals surface area contributed by atoms with E-state index in [0.29, 0.717) is 5.69 Å². The van der Waals surface area contributed by atoms with Crippen LogP contribution in [0.2, 0.25) is 0 Å². The molecule has 1 N–H and O–H groups in total. The minimum atomic E-state index is 0.132. The lowest BCUT2D eigenvalue weighted by Gasteiger charge is -2.20. The Morgan fingerprint density at radius 2 is 2.14 bits per heavy atom. The average Bonchev–Trinajstić information content (AvgIpc) is 2.30. The summed E-state index contributed by atoms with van der Waals surface area (Å²) in [6.07, 6.45) is 6.52. The van der Waals surface area contributed by atoms with E-state index in [-0.39, 0.29) is 11.7 Å². The van der Waals surface area contributed by atoms with Gasteiger partial charge >= 0.3 is 0 Å². The molecular weight excluding hydrogens is 178 g/mol. The van der Waals surface area contributed by atoms with E-state index in [4.69, 9.17) is 0 Å². The van der Waals surface area contributed by atoms with Crippen molar-refractivity contribution in [3.05, 3.63) is 24.3 Å². The highest BCUT2D eigenvalue weighted by molar-refractivity contribution is 5.95. The van der Waals surface area contributed by atoms with Crippen LogP contribution in [0.3, 0.4) is 0 Å². The van der Waals surface area contributed by atoms with Gasteiger partial charge in [0.1, 0.15) is 5.69 Å². The Morgan fingerprint density at radius 1 is 1.36 bits per heavy atom. The predicted octanol–water partition coefficient (Wildman–Crippen LogP) is 0.659. The third kappa shape index (κ3) is 1.96. The van der Waals surface area contributed by atoms with Crippen LogP contribution in [-0.2, 0) is 0 Å². The molecule has 1 fully saturated rings. The molecule has 0 amide bonds. The Balaban J connectivity index is 2.07. The first kappa shape index (κ1) is 9.27. The summed E-state index contributed by atoms with van der Waals surface area (Å²) in [5.74, 6) is 0.271. The van der Waals surface area contributed by atoms with Crippen LogP contribution < -0.4 is 5.32 Å². The van der Waals surface area contributed by atoms with Crippen molar-refractivity contribution in [3.63, 3.8) is 0 Å². The van der Waals surface area contributed by atoms with E-state index in [1.54, 1.807) is 18.6 Å². The third-order valence-corrected chi connectivity index (χ3v) is 2.53. The number of carbonyl (C=O) groups is 1. The van der Waals surface area contributed by atoms with E-state index in [0.717, 1.165) is 25.9 Å². The Labute approximate surface area is 82.8 Å². The zero-order valence-electron chi connectivity index (χ0n) is 7.94. The van der Waals surface area contributed by atoms with Gasteiger partial charge < -0.3 is 5.32 Å². The lowest BCUT2D eigenvalue weighted by atomic mass is 9.92. The van der Waals surface area contributed by atoms with Gasteiger partial charge in [0.15, 0.2) is 5.78 Å². The van der Waals surface area contributed by atoms with E-state index in [1.807, 2.05) is 0 Å². The summed E-state index contributed by atoms with van der Waals surface area (Å²) in [5.41, 5.74) is 0.499. The molecule has 1 aromatic rings. The molecule has 1 aliphatic heterocycles. The van der Waals surface area contributed by atoms with Gasteiger partial charge in [0.25, 0.3) is 0 Å². The van der Waals surface area contributed by atoms with Crippen LogP contribution in [0.25, 0.3) is 0 Å².